The molecule has 4 heteroatoms. The smallest absolute Gasteiger partial charge is 0.0475 e. The summed E-state index contributed by atoms with van der Waals surface area (Å²) in [6, 6.07) is 21.3. The normalized spacial score (nSPS) is 11.0. The van der Waals surface area contributed by atoms with Crippen LogP contribution >= 0.6 is 0 Å². The van der Waals surface area contributed by atoms with Crippen molar-refractivity contribution in [2.24, 2.45) is 0 Å². The molecule has 0 atom stereocenters. The molecule has 0 aliphatic carbocycles. The summed E-state index contributed by atoms with van der Waals surface area (Å²) in [6.45, 7) is 17.2. The maximum absolute atomic E-state index is 2.32. The van der Waals surface area contributed by atoms with Gasteiger partial charge in [0.05, 0.1) is 0 Å². The van der Waals surface area contributed by atoms with Crippen molar-refractivity contribution in [3.8, 4) is 0 Å². The monoisotopic (exact) mass is 556 g/mol. The zero-order chi connectivity index (χ0) is 29.6. The largest absolute Gasteiger partial charge is 0.350 e. The Labute approximate surface area is 251 Å². The Hall–Kier alpha value is -4.44. The first-order chi connectivity index (χ1) is 20.3. The molecule has 4 heterocycles. The maximum atomic E-state index is 2.32. The molecule has 42 heavy (non-hydrogen) atoms. The van der Waals surface area contributed by atoms with Crippen LogP contribution in [0.25, 0.3) is 0 Å². The number of aryl methyl sites for hydroxylation is 4. The first-order valence-corrected chi connectivity index (χ1v) is 14.9. The lowest BCUT2D eigenvalue weighted by molar-refractivity contribution is 0.767. The molecule has 0 aliphatic rings. The molecule has 0 saturated heterocycles. The van der Waals surface area contributed by atoms with Gasteiger partial charge >= 0.3 is 0 Å². The molecule has 0 radical (unpaired) electrons. The Morgan fingerprint density at radius 1 is 0.333 bits per heavy atom. The minimum atomic E-state index is 0.948. The number of nitrogens with zero attached hydrogens (tertiary/aromatic N) is 4. The third-order valence-corrected chi connectivity index (χ3v) is 8.61. The molecule has 0 N–H and O–H groups in total. The van der Waals surface area contributed by atoms with Gasteiger partial charge in [0.15, 0.2) is 0 Å². The second-order valence-corrected chi connectivity index (χ2v) is 11.6. The van der Waals surface area contributed by atoms with Crippen molar-refractivity contribution in [2.75, 3.05) is 0 Å². The van der Waals surface area contributed by atoms with Gasteiger partial charge in [0.25, 0.3) is 0 Å². The van der Waals surface area contributed by atoms with E-state index in [1.165, 1.54) is 55.6 Å². The van der Waals surface area contributed by atoms with Gasteiger partial charge in [-0.25, -0.2) is 0 Å². The molecule has 2 aromatic carbocycles. The number of aromatic nitrogens is 4. The molecule has 0 amide bonds. The van der Waals surface area contributed by atoms with E-state index in [1.807, 2.05) is 0 Å². The van der Waals surface area contributed by atoms with Crippen LogP contribution in [-0.2, 0) is 26.2 Å². The van der Waals surface area contributed by atoms with Gasteiger partial charge in [0.1, 0.15) is 0 Å². The van der Waals surface area contributed by atoms with E-state index < -0.39 is 0 Å². The van der Waals surface area contributed by atoms with E-state index in [4.69, 9.17) is 0 Å². The molecule has 4 aromatic heterocycles. The summed E-state index contributed by atoms with van der Waals surface area (Å²) in [4.78, 5) is 0. The molecule has 4 nitrogen and oxygen atoms in total. The van der Waals surface area contributed by atoms with Crippen LogP contribution in [0.2, 0.25) is 0 Å². The van der Waals surface area contributed by atoms with Gasteiger partial charge in [0.2, 0.25) is 0 Å². The number of benzene rings is 2. The molecule has 6 rings (SSSR count). The second-order valence-electron chi connectivity index (χ2n) is 11.6. The van der Waals surface area contributed by atoms with Crippen molar-refractivity contribution in [1.29, 1.82) is 0 Å². The SMILES string of the molecule is Cc1cc(C)c(Cn2cccc2)c(C)c1Cn1cccc1.Cc1cc(C)c(Cn2cccc2)c(C)c1Cn1cccc1. The van der Waals surface area contributed by atoms with Crippen molar-refractivity contribution in [2.45, 2.75) is 67.7 Å². The lowest BCUT2D eigenvalue weighted by Crippen LogP contribution is -2.08. The number of rotatable bonds is 8. The Bertz CT molecular complexity index is 1450. The van der Waals surface area contributed by atoms with Gasteiger partial charge in [-0.2, -0.15) is 0 Å². The minimum Gasteiger partial charge on any atom is -0.350 e. The van der Waals surface area contributed by atoms with E-state index in [1.54, 1.807) is 0 Å². The quantitative estimate of drug-likeness (QED) is 0.179. The van der Waals surface area contributed by atoms with Crippen LogP contribution < -0.4 is 0 Å². The first kappa shape index (κ1) is 29.1. The van der Waals surface area contributed by atoms with Crippen LogP contribution in [-0.4, -0.2) is 18.3 Å². The highest BCUT2D eigenvalue weighted by atomic mass is 14.9. The third-order valence-electron chi connectivity index (χ3n) is 8.61. The zero-order valence-corrected chi connectivity index (χ0v) is 26.0. The van der Waals surface area contributed by atoms with Crippen LogP contribution in [0, 0.1) is 41.5 Å². The fourth-order valence-electron chi connectivity index (χ4n) is 6.15. The van der Waals surface area contributed by atoms with Gasteiger partial charge in [-0.1, -0.05) is 12.1 Å². The highest BCUT2D eigenvalue weighted by molar-refractivity contribution is 5.46. The number of hydrogen-bond donors (Lipinski definition) is 0. The Kier molecular flexibility index (Phi) is 9.02. The summed E-state index contributed by atoms with van der Waals surface area (Å²) in [7, 11) is 0. The van der Waals surface area contributed by atoms with Gasteiger partial charge in [-0.3, -0.25) is 0 Å². The fourth-order valence-corrected chi connectivity index (χ4v) is 6.15. The molecule has 0 spiro atoms. The molecule has 0 unspecified atom stereocenters. The van der Waals surface area contributed by atoms with E-state index in [0.717, 1.165) is 26.2 Å². The van der Waals surface area contributed by atoms with Gasteiger partial charge in [-0.15, -0.1) is 0 Å². The van der Waals surface area contributed by atoms with Gasteiger partial charge in [0, 0.05) is 75.8 Å². The minimum absolute atomic E-state index is 0.948. The molecule has 0 saturated carbocycles. The topological polar surface area (TPSA) is 19.7 Å². The summed E-state index contributed by atoms with van der Waals surface area (Å²) in [5, 5.41) is 0. The lowest BCUT2D eigenvalue weighted by atomic mass is 9.93. The molecular formula is C38H44N4. The highest BCUT2D eigenvalue weighted by Gasteiger charge is 2.13. The van der Waals surface area contributed by atoms with E-state index in [-0.39, 0.29) is 0 Å². The standard InChI is InChI=1S/2C19H22N2/c2*1-15-12-16(2)19(14-21-10-6-7-11-21)17(3)18(15)13-20-8-4-5-9-20/h2*4-12H,13-14H2,1-3H3. The molecule has 0 bridgehead atoms. The zero-order valence-electron chi connectivity index (χ0n) is 26.0. The van der Waals surface area contributed by atoms with Crippen molar-refractivity contribution in [1.82, 2.24) is 18.3 Å². The maximum Gasteiger partial charge on any atom is 0.0475 e. The number of hydrogen-bond acceptors (Lipinski definition) is 0. The average molecular weight is 557 g/mol. The van der Waals surface area contributed by atoms with Crippen LogP contribution in [0.4, 0.5) is 0 Å². The fraction of sp³-hybridized carbons (Fsp3) is 0.263. The van der Waals surface area contributed by atoms with Crippen LogP contribution in [0.1, 0.15) is 55.6 Å². The lowest BCUT2D eigenvalue weighted by Gasteiger charge is -2.18. The third kappa shape index (κ3) is 6.71. The van der Waals surface area contributed by atoms with Crippen LogP contribution in [0.3, 0.4) is 0 Å². The highest BCUT2D eigenvalue weighted by Crippen LogP contribution is 2.25. The predicted octanol–water partition coefficient (Wildman–Crippen LogP) is 8.62. The summed E-state index contributed by atoms with van der Waals surface area (Å²) in [6.07, 6.45) is 17.0. The van der Waals surface area contributed by atoms with Crippen molar-refractivity contribution in [3.05, 3.63) is 166 Å². The molecular weight excluding hydrogens is 512 g/mol. The van der Waals surface area contributed by atoms with Crippen molar-refractivity contribution in [3.63, 3.8) is 0 Å². The summed E-state index contributed by atoms with van der Waals surface area (Å²) in [5.74, 6) is 0. The van der Waals surface area contributed by atoms with Crippen LogP contribution in [0.5, 0.6) is 0 Å². The van der Waals surface area contributed by atoms with Gasteiger partial charge < -0.3 is 18.3 Å². The molecule has 0 aliphatic heterocycles. The Morgan fingerprint density at radius 3 is 0.714 bits per heavy atom. The first-order valence-electron chi connectivity index (χ1n) is 14.9. The summed E-state index contributed by atoms with van der Waals surface area (Å²) in [5.41, 5.74) is 14.2. The van der Waals surface area contributed by atoms with E-state index in [0.29, 0.717) is 0 Å². The Balaban J connectivity index is 0.000000168. The average Bonchev–Trinajstić information content (AvgIpc) is 3.79. The van der Waals surface area contributed by atoms with Crippen LogP contribution in [0.15, 0.2) is 110 Å². The van der Waals surface area contributed by atoms with E-state index in [2.05, 4.69) is 170 Å². The van der Waals surface area contributed by atoms with Gasteiger partial charge in [-0.05, 0) is 146 Å². The van der Waals surface area contributed by atoms with E-state index in [9.17, 15) is 0 Å². The van der Waals surface area contributed by atoms with E-state index >= 15 is 0 Å². The molecule has 0 fully saturated rings. The molecule has 216 valence electrons. The molecule has 6 aromatic rings. The summed E-state index contributed by atoms with van der Waals surface area (Å²) < 4.78 is 8.96. The Morgan fingerprint density at radius 2 is 0.524 bits per heavy atom. The van der Waals surface area contributed by atoms with Crippen molar-refractivity contribution >= 4 is 0 Å². The van der Waals surface area contributed by atoms with Crippen molar-refractivity contribution < 1.29 is 0 Å². The summed E-state index contributed by atoms with van der Waals surface area (Å²) >= 11 is 0. The second kappa shape index (κ2) is 13.0. The predicted molar refractivity (Wildman–Crippen MR) is 175 cm³/mol.